The lowest BCUT2D eigenvalue weighted by molar-refractivity contribution is -0.148. The fraction of sp³-hybridized carbons (Fsp3) is 0.548. The van der Waals surface area contributed by atoms with Gasteiger partial charge in [-0.05, 0) is 68.9 Å². The smallest absolute Gasteiger partial charge is 0.408 e. The first-order valence-electron chi connectivity index (χ1n) is 19.8. The molecule has 3 amide bonds. The standard InChI is InChI=1S/C42H50ClN7O8S/c1-9-24-17-42(24,38(53)55-8)49-36(51)30-15-26(18-50(30)37(52)35(41(4,5)6)48-40(54)58-25-13-22-12-23(22)14-25)57-32-16-28(29-19-59-39(47-29)45-21(2)3)46-34-27(32)10-11-31(33(34)43)56-20-44-7/h9-11,16,19,21-26,30,35H,1,12-15,17-18,20H2,2-6,8H3,(H,45,47)(H,48,54)(H,49,51)/t22-,23+,24-,25?,26-,30+,35-,42-/m1/s1. The normalized spacial score (nSPS) is 26.0. The summed E-state index contributed by atoms with van der Waals surface area (Å²) in [6, 6.07) is 3.06. The molecule has 7 rings (SSSR count). The molecule has 0 bridgehead atoms. The number of hydrogen-bond acceptors (Lipinski definition) is 12. The zero-order chi connectivity index (χ0) is 42.4. The number of aromatic nitrogens is 2. The largest absolute Gasteiger partial charge is 0.488 e. The van der Waals surface area contributed by atoms with Crippen LogP contribution >= 0.6 is 22.9 Å². The van der Waals surface area contributed by atoms with Crippen LogP contribution in [0.4, 0.5) is 9.93 Å². The maximum Gasteiger partial charge on any atom is 0.408 e. The van der Waals surface area contributed by atoms with Crippen molar-refractivity contribution >= 4 is 62.8 Å². The van der Waals surface area contributed by atoms with Crippen molar-refractivity contribution < 1.29 is 38.1 Å². The second-order valence-corrected chi connectivity index (χ2v) is 18.5. The molecule has 1 unspecified atom stereocenters. The number of amides is 3. The fourth-order valence-electron chi connectivity index (χ4n) is 8.27. The minimum absolute atomic E-state index is 0.0397. The Labute approximate surface area is 352 Å². The second-order valence-electron chi connectivity index (χ2n) is 17.2. The lowest BCUT2D eigenvalue weighted by atomic mass is 9.85. The number of hydrogen-bond donors (Lipinski definition) is 3. The molecule has 3 saturated carbocycles. The highest BCUT2D eigenvalue weighted by molar-refractivity contribution is 7.14. The molecular weight excluding hydrogens is 798 g/mol. The third-order valence-corrected chi connectivity index (χ3v) is 12.6. The summed E-state index contributed by atoms with van der Waals surface area (Å²) in [4.78, 5) is 69.7. The van der Waals surface area contributed by atoms with Crippen molar-refractivity contribution in [3.05, 3.63) is 52.7 Å². The first kappa shape index (κ1) is 42.0. The van der Waals surface area contributed by atoms with E-state index in [2.05, 4.69) is 27.4 Å². The topological polar surface area (TPSA) is 175 Å². The molecule has 8 atom stereocenters. The van der Waals surface area contributed by atoms with Crippen molar-refractivity contribution in [2.24, 2.45) is 23.2 Å². The number of esters is 1. The van der Waals surface area contributed by atoms with Gasteiger partial charge in [-0.2, -0.15) is 0 Å². The number of carbonyl (C=O) groups excluding carboxylic acids is 4. The van der Waals surface area contributed by atoms with E-state index in [0.717, 1.165) is 12.8 Å². The number of anilines is 1. The molecule has 3 N–H and O–H groups in total. The fourth-order valence-corrected chi connectivity index (χ4v) is 9.38. The molecule has 4 aliphatic rings. The molecule has 3 aromatic rings. The van der Waals surface area contributed by atoms with Gasteiger partial charge in [-0.3, -0.25) is 14.4 Å². The van der Waals surface area contributed by atoms with Gasteiger partial charge < -0.3 is 39.8 Å². The molecule has 0 spiro atoms. The van der Waals surface area contributed by atoms with Gasteiger partial charge in [0.05, 0.1) is 24.9 Å². The number of alkyl carbamates (subject to hydrolysis) is 1. The van der Waals surface area contributed by atoms with Crippen molar-refractivity contribution in [2.45, 2.75) is 103 Å². The summed E-state index contributed by atoms with van der Waals surface area (Å²) in [5.74, 6) is -0.220. The van der Waals surface area contributed by atoms with E-state index < -0.39 is 53.0 Å². The minimum Gasteiger partial charge on any atom is -0.488 e. The molecule has 314 valence electrons. The number of ether oxygens (including phenoxy) is 4. The predicted molar refractivity (Wildman–Crippen MR) is 222 cm³/mol. The molecule has 2 aromatic heterocycles. The van der Waals surface area contributed by atoms with E-state index in [9.17, 15) is 19.2 Å². The molecule has 1 saturated heterocycles. The molecule has 1 aromatic carbocycles. The van der Waals surface area contributed by atoms with E-state index in [1.54, 1.807) is 24.3 Å². The Morgan fingerprint density at radius 2 is 1.85 bits per heavy atom. The Bertz CT molecular complexity index is 2190. The molecule has 17 heteroatoms. The third-order valence-electron chi connectivity index (χ3n) is 11.5. The van der Waals surface area contributed by atoms with Gasteiger partial charge in [-0.25, -0.2) is 26.1 Å². The van der Waals surface area contributed by atoms with Crippen LogP contribution in [0.5, 0.6) is 11.5 Å². The number of halogens is 1. The van der Waals surface area contributed by atoms with Crippen LogP contribution < -0.4 is 25.4 Å². The van der Waals surface area contributed by atoms with Crippen LogP contribution in [-0.4, -0.2) is 95.0 Å². The number of benzene rings is 1. The minimum atomic E-state index is -1.31. The summed E-state index contributed by atoms with van der Waals surface area (Å²) < 4.78 is 23.2. The van der Waals surface area contributed by atoms with Crippen LogP contribution in [0.25, 0.3) is 27.1 Å². The first-order valence-corrected chi connectivity index (χ1v) is 21.1. The summed E-state index contributed by atoms with van der Waals surface area (Å²) in [5, 5.41) is 12.3. The Kier molecular flexibility index (Phi) is 11.7. The number of thiazole rings is 1. The average molecular weight is 848 g/mol. The van der Waals surface area contributed by atoms with E-state index in [0.29, 0.717) is 51.4 Å². The Morgan fingerprint density at radius 1 is 1.10 bits per heavy atom. The van der Waals surface area contributed by atoms with Crippen molar-refractivity contribution in [3.63, 3.8) is 0 Å². The summed E-state index contributed by atoms with van der Waals surface area (Å²) >= 11 is 8.28. The lowest BCUT2D eigenvalue weighted by Crippen LogP contribution is -2.59. The Balaban J connectivity index is 1.22. The second kappa shape index (κ2) is 16.5. The van der Waals surface area contributed by atoms with Crippen LogP contribution in [0.15, 0.2) is 36.2 Å². The number of fused-ring (bicyclic) bond motifs is 2. The number of pyridine rings is 1. The van der Waals surface area contributed by atoms with Gasteiger partial charge in [0, 0.05) is 35.2 Å². The summed E-state index contributed by atoms with van der Waals surface area (Å²) in [6.45, 7) is 20.2. The summed E-state index contributed by atoms with van der Waals surface area (Å²) in [5.41, 5.74) is -0.755. The van der Waals surface area contributed by atoms with E-state index in [1.165, 1.54) is 29.8 Å². The molecule has 3 heterocycles. The van der Waals surface area contributed by atoms with E-state index >= 15 is 0 Å². The highest BCUT2D eigenvalue weighted by Gasteiger charge is 2.62. The van der Waals surface area contributed by atoms with Crippen molar-refractivity contribution in [2.75, 3.05) is 25.7 Å². The Hall–Kier alpha value is -5.14. The van der Waals surface area contributed by atoms with Crippen LogP contribution in [0.3, 0.4) is 0 Å². The van der Waals surface area contributed by atoms with Crippen LogP contribution in [0.2, 0.25) is 5.02 Å². The molecule has 3 aliphatic carbocycles. The third kappa shape index (κ3) is 8.77. The van der Waals surface area contributed by atoms with Crippen LogP contribution in [0, 0.1) is 29.7 Å². The number of nitrogens with zero attached hydrogens (tertiary/aromatic N) is 4. The summed E-state index contributed by atoms with van der Waals surface area (Å²) in [6.07, 6.45) is 3.10. The SMILES string of the molecule is [C-]#[N+]COc1ccc2c(O[C@@H]3C[C@@H](C(=O)N[C@]4(C(=O)OC)C[C@H]4C=C)N(C(=O)[C@@H](NC(=O)OC4C[C@@H]5C[C@@H]5C4)C(C)(C)C)C3)cc(-c3csc(NC(C)C)n3)nc2c1Cl. The van der Waals surface area contributed by atoms with Crippen molar-refractivity contribution in [1.82, 2.24) is 25.5 Å². The van der Waals surface area contributed by atoms with Gasteiger partial charge in [0.25, 0.3) is 0 Å². The monoisotopic (exact) mass is 847 g/mol. The van der Waals surface area contributed by atoms with Gasteiger partial charge in [0.2, 0.25) is 11.8 Å². The number of rotatable bonds is 14. The number of methoxy groups -OCH3 is 1. The molecule has 15 nitrogen and oxygen atoms in total. The zero-order valence-corrected chi connectivity index (χ0v) is 35.6. The highest BCUT2D eigenvalue weighted by Crippen LogP contribution is 2.52. The van der Waals surface area contributed by atoms with Crippen LogP contribution in [0.1, 0.15) is 66.7 Å². The Morgan fingerprint density at radius 3 is 2.49 bits per heavy atom. The maximum atomic E-state index is 14.8. The quantitative estimate of drug-likeness (QED) is 0.0905. The van der Waals surface area contributed by atoms with Crippen molar-refractivity contribution in [1.29, 1.82) is 0 Å². The predicted octanol–water partition coefficient (Wildman–Crippen LogP) is 6.61. The van der Waals surface area contributed by atoms with Gasteiger partial charge in [-0.15, -0.1) is 17.9 Å². The first-order chi connectivity index (χ1) is 28.0. The molecule has 1 aliphatic heterocycles. The zero-order valence-electron chi connectivity index (χ0n) is 34.0. The number of likely N-dealkylation sites (tertiary alicyclic amines) is 1. The highest BCUT2D eigenvalue weighted by atomic mass is 35.5. The number of nitrogens with one attached hydrogen (secondary N) is 3. The van der Waals surface area contributed by atoms with Gasteiger partial charge in [-0.1, -0.05) is 38.4 Å². The van der Waals surface area contributed by atoms with E-state index in [-0.39, 0.29) is 48.5 Å². The number of carbonyl (C=O) groups is 4. The van der Waals surface area contributed by atoms with Crippen molar-refractivity contribution in [3.8, 4) is 22.9 Å². The lowest BCUT2D eigenvalue weighted by Gasteiger charge is -2.35. The van der Waals surface area contributed by atoms with Gasteiger partial charge >= 0.3 is 18.8 Å². The van der Waals surface area contributed by atoms with E-state index in [1.807, 2.05) is 40.0 Å². The van der Waals surface area contributed by atoms with E-state index in [4.69, 9.17) is 47.1 Å². The van der Waals surface area contributed by atoms with Crippen LogP contribution in [-0.2, 0) is 23.9 Å². The summed E-state index contributed by atoms with van der Waals surface area (Å²) in [7, 11) is 1.25. The maximum absolute atomic E-state index is 14.8. The van der Waals surface area contributed by atoms with Gasteiger partial charge in [0.1, 0.15) is 52.0 Å². The molecule has 59 heavy (non-hydrogen) atoms. The molecule has 4 fully saturated rings. The van der Waals surface area contributed by atoms with Gasteiger partial charge in [0.15, 0.2) is 5.13 Å². The molecular formula is C42H50ClN7O8S. The average Bonchev–Trinajstić information content (AvgIpc) is 3.85. The molecule has 0 radical (unpaired) electrons.